The fraction of sp³-hybridized carbons (Fsp3) is 0.538. The van der Waals surface area contributed by atoms with Crippen LogP contribution in [0.1, 0.15) is 47.6 Å². The molecule has 2 aliphatic rings. The summed E-state index contributed by atoms with van der Waals surface area (Å²) in [6.45, 7) is 14.1. The Morgan fingerprint density at radius 3 is 2.30 bits per heavy atom. The van der Waals surface area contributed by atoms with Crippen LogP contribution in [0.25, 0.3) is 0 Å². The van der Waals surface area contributed by atoms with Gasteiger partial charge in [0.25, 0.3) is 5.69 Å². The summed E-state index contributed by atoms with van der Waals surface area (Å²) in [6.07, 6.45) is 2.88. The second-order valence-electron chi connectivity index (χ2n) is 9.87. The van der Waals surface area contributed by atoms with Gasteiger partial charge in [-0.05, 0) is 69.2 Å². The van der Waals surface area contributed by atoms with E-state index in [2.05, 4.69) is 16.7 Å². The van der Waals surface area contributed by atoms with Crippen molar-refractivity contribution in [2.24, 2.45) is 0 Å². The molecule has 0 amide bonds. The molecule has 1 N–H and O–H groups in total. The predicted molar refractivity (Wildman–Crippen MR) is 129 cm³/mol. The Hall–Kier alpha value is -2.64. The molecular formula is C26H35N3O4. The van der Waals surface area contributed by atoms with Crippen molar-refractivity contribution < 1.29 is 14.8 Å². The van der Waals surface area contributed by atoms with E-state index in [1.54, 1.807) is 12.1 Å². The van der Waals surface area contributed by atoms with Crippen LogP contribution in [-0.4, -0.2) is 58.2 Å². The normalized spacial score (nSPS) is 21.5. The molecule has 7 heteroatoms. The molecule has 0 spiro atoms. The van der Waals surface area contributed by atoms with Crippen molar-refractivity contribution in [2.45, 2.75) is 59.1 Å². The van der Waals surface area contributed by atoms with E-state index in [1.165, 1.54) is 0 Å². The van der Waals surface area contributed by atoms with Crippen LogP contribution in [0.4, 0.5) is 5.69 Å². The molecule has 1 fully saturated rings. The molecule has 2 aromatic carbocycles. The maximum Gasteiger partial charge on any atom is 0.269 e. The first-order valence-corrected chi connectivity index (χ1v) is 11.9. The van der Waals surface area contributed by atoms with E-state index in [0.29, 0.717) is 5.75 Å². The Bertz CT molecular complexity index is 1030. The van der Waals surface area contributed by atoms with E-state index in [1.807, 2.05) is 32.9 Å². The molecule has 1 atom stereocenters. The summed E-state index contributed by atoms with van der Waals surface area (Å²) >= 11 is 0. The van der Waals surface area contributed by atoms with E-state index in [9.17, 15) is 15.2 Å². The fourth-order valence-electron chi connectivity index (χ4n) is 5.02. The van der Waals surface area contributed by atoms with E-state index < -0.39 is 0 Å². The third-order valence-corrected chi connectivity index (χ3v) is 7.57. The van der Waals surface area contributed by atoms with E-state index in [-0.39, 0.29) is 16.2 Å². The summed E-state index contributed by atoms with van der Waals surface area (Å²) in [5.74, 6) is 1.38. The van der Waals surface area contributed by atoms with Gasteiger partial charge in [-0.25, -0.2) is 0 Å². The van der Waals surface area contributed by atoms with Crippen molar-refractivity contribution in [3.8, 4) is 11.5 Å². The third-order valence-electron chi connectivity index (χ3n) is 7.57. The van der Waals surface area contributed by atoms with Crippen molar-refractivity contribution in [3.05, 3.63) is 62.2 Å². The Morgan fingerprint density at radius 1 is 1.03 bits per heavy atom. The largest absolute Gasteiger partial charge is 0.507 e. The first-order valence-electron chi connectivity index (χ1n) is 11.9. The number of nitrogens with zero attached hydrogens (tertiary/aromatic N) is 3. The molecule has 0 saturated carbocycles. The Labute approximate surface area is 196 Å². The van der Waals surface area contributed by atoms with Gasteiger partial charge in [0.15, 0.2) is 0 Å². The van der Waals surface area contributed by atoms with Crippen LogP contribution in [0.5, 0.6) is 11.5 Å². The number of ether oxygens (including phenoxy) is 1. The van der Waals surface area contributed by atoms with Crippen LogP contribution in [0, 0.1) is 30.9 Å². The van der Waals surface area contributed by atoms with Gasteiger partial charge in [0.2, 0.25) is 0 Å². The van der Waals surface area contributed by atoms with Gasteiger partial charge in [0, 0.05) is 57.0 Å². The number of nitro benzene ring substituents is 1. The maximum atomic E-state index is 10.8. The Kier molecular flexibility index (Phi) is 6.64. The van der Waals surface area contributed by atoms with E-state index >= 15 is 0 Å². The second kappa shape index (κ2) is 9.31. The molecule has 0 aromatic heterocycles. The van der Waals surface area contributed by atoms with Gasteiger partial charge < -0.3 is 14.7 Å². The molecule has 1 saturated heterocycles. The average Bonchev–Trinajstić information content (AvgIpc) is 2.81. The first-order chi connectivity index (χ1) is 15.7. The molecular weight excluding hydrogens is 418 g/mol. The lowest BCUT2D eigenvalue weighted by molar-refractivity contribution is -0.384. The number of hydrogen-bond acceptors (Lipinski definition) is 6. The number of nitro groups is 1. The highest BCUT2D eigenvalue weighted by Gasteiger charge is 2.35. The van der Waals surface area contributed by atoms with Crippen molar-refractivity contribution in [3.63, 3.8) is 0 Å². The molecule has 2 heterocycles. The summed E-state index contributed by atoms with van der Waals surface area (Å²) in [7, 11) is 0. The van der Waals surface area contributed by atoms with Crippen LogP contribution >= 0.6 is 0 Å². The summed E-state index contributed by atoms with van der Waals surface area (Å²) in [4.78, 5) is 15.4. The number of phenols is 1. The van der Waals surface area contributed by atoms with Gasteiger partial charge in [-0.2, -0.15) is 0 Å². The number of non-ortho nitro benzene ring substituents is 1. The Balaban J connectivity index is 1.29. The van der Waals surface area contributed by atoms with Gasteiger partial charge in [-0.1, -0.05) is 12.1 Å². The zero-order chi connectivity index (χ0) is 23.8. The van der Waals surface area contributed by atoms with Crippen molar-refractivity contribution in [1.82, 2.24) is 9.80 Å². The SMILES string of the molecule is Cc1c(C)c2c(c(C)c1O)CCC(C)(CCN1CCN(Cc3ccc([N+](=O)[O-])cc3)CC1)O2. The third kappa shape index (κ3) is 4.99. The summed E-state index contributed by atoms with van der Waals surface area (Å²) in [5, 5.41) is 21.2. The molecule has 2 aromatic rings. The molecule has 1 unspecified atom stereocenters. The highest BCUT2D eigenvalue weighted by Crippen LogP contribution is 2.44. The zero-order valence-electron chi connectivity index (χ0n) is 20.2. The summed E-state index contributed by atoms with van der Waals surface area (Å²) < 4.78 is 6.59. The lowest BCUT2D eigenvalue weighted by Gasteiger charge is -2.40. The monoisotopic (exact) mass is 453 g/mol. The van der Waals surface area contributed by atoms with Gasteiger partial charge in [0.05, 0.1) is 4.92 Å². The quantitative estimate of drug-likeness (QED) is 0.512. The number of fused-ring (bicyclic) bond motifs is 1. The lowest BCUT2D eigenvalue weighted by Crippen LogP contribution is -2.48. The molecule has 0 aliphatic carbocycles. The molecule has 2 aliphatic heterocycles. The van der Waals surface area contributed by atoms with Crippen molar-refractivity contribution in [2.75, 3.05) is 32.7 Å². The van der Waals surface area contributed by atoms with Gasteiger partial charge in [-0.15, -0.1) is 0 Å². The molecule has 0 radical (unpaired) electrons. The lowest BCUT2D eigenvalue weighted by atomic mass is 9.85. The molecule has 0 bridgehead atoms. The predicted octanol–water partition coefficient (Wildman–Crippen LogP) is 4.52. The van der Waals surface area contributed by atoms with Gasteiger partial charge >= 0.3 is 0 Å². The minimum absolute atomic E-state index is 0.141. The summed E-state index contributed by atoms with van der Waals surface area (Å²) in [6, 6.07) is 6.88. The molecule has 7 nitrogen and oxygen atoms in total. The van der Waals surface area contributed by atoms with Crippen molar-refractivity contribution >= 4 is 5.69 Å². The maximum absolute atomic E-state index is 10.8. The minimum atomic E-state index is -0.356. The molecule has 178 valence electrons. The number of rotatable bonds is 6. The number of phenolic OH excluding ortho intramolecular Hbond substituents is 1. The highest BCUT2D eigenvalue weighted by molar-refractivity contribution is 5.58. The van der Waals surface area contributed by atoms with Crippen molar-refractivity contribution in [1.29, 1.82) is 0 Å². The summed E-state index contributed by atoms with van der Waals surface area (Å²) in [5.41, 5.74) is 5.15. The van der Waals surface area contributed by atoms with Crippen LogP contribution in [0.3, 0.4) is 0 Å². The molecule has 33 heavy (non-hydrogen) atoms. The first kappa shape index (κ1) is 23.5. The van der Waals surface area contributed by atoms with Gasteiger partial charge in [-0.3, -0.25) is 15.0 Å². The van der Waals surface area contributed by atoms with Crippen LogP contribution < -0.4 is 4.74 Å². The fourth-order valence-corrected chi connectivity index (χ4v) is 5.02. The smallest absolute Gasteiger partial charge is 0.269 e. The standard InChI is InChI=1S/C26H35N3O4/c1-18-19(2)25-23(20(3)24(18)30)9-10-26(4,33-25)11-12-27-13-15-28(16-14-27)17-21-5-7-22(8-6-21)29(31)32/h5-8,30H,9-17H2,1-4H3. The van der Waals surface area contributed by atoms with E-state index in [4.69, 9.17) is 4.74 Å². The number of aromatic hydroxyl groups is 1. The van der Waals surface area contributed by atoms with Crippen LogP contribution in [0.15, 0.2) is 24.3 Å². The highest BCUT2D eigenvalue weighted by atomic mass is 16.6. The number of benzene rings is 2. The zero-order valence-corrected chi connectivity index (χ0v) is 20.2. The van der Waals surface area contributed by atoms with Crippen LogP contribution in [-0.2, 0) is 13.0 Å². The second-order valence-corrected chi connectivity index (χ2v) is 9.87. The van der Waals surface area contributed by atoms with E-state index in [0.717, 1.165) is 92.1 Å². The topological polar surface area (TPSA) is 79.1 Å². The number of hydrogen-bond donors (Lipinski definition) is 1. The number of piperazine rings is 1. The minimum Gasteiger partial charge on any atom is -0.507 e. The van der Waals surface area contributed by atoms with Crippen LogP contribution in [0.2, 0.25) is 0 Å². The molecule has 4 rings (SSSR count). The van der Waals surface area contributed by atoms with Gasteiger partial charge in [0.1, 0.15) is 17.1 Å². The average molecular weight is 454 g/mol. The Morgan fingerprint density at radius 2 is 1.67 bits per heavy atom.